The maximum Gasteiger partial charge on any atom is 0.340 e. The third-order valence-corrected chi connectivity index (χ3v) is 11.1. The summed E-state index contributed by atoms with van der Waals surface area (Å²) in [6.45, 7) is -0.209. The van der Waals surface area contributed by atoms with E-state index >= 15 is 0 Å². The van der Waals surface area contributed by atoms with Crippen LogP contribution in [0.3, 0.4) is 0 Å². The highest BCUT2D eigenvalue weighted by Gasteiger charge is 2.62. The monoisotopic (exact) mass is 622 g/mol. The number of nitrogens with one attached hydrogen (secondary N) is 1. The molecule has 6 N–H and O–H groups in total. The van der Waals surface area contributed by atoms with Crippen LogP contribution in [0.2, 0.25) is 10.3 Å². The number of aromatic nitrogens is 5. The van der Waals surface area contributed by atoms with Gasteiger partial charge in [-0.15, -0.1) is 5.10 Å². The molecule has 1 aromatic carbocycles. The van der Waals surface area contributed by atoms with Crippen LogP contribution >= 0.6 is 38.4 Å². The summed E-state index contributed by atoms with van der Waals surface area (Å²) < 4.78 is 29.8. The molecule has 0 aliphatic heterocycles. The highest BCUT2D eigenvalue weighted by atomic mass is 35.5. The third-order valence-electron chi connectivity index (χ3n) is 7.10. The Morgan fingerprint density at radius 1 is 1.15 bits per heavy atom. The fourth-order valence-electron chi connectivity index (χ4n) is 5.17. The van der Waals surface area contributed by atoms with E-state index in [0.29, 0.717) is 24.4 Å². The molecule has 2 fully saturated rings. The van der Waals surface area contributed by atoms with E-state index in [-0.39, 0.29) is 34.6 Å². The van der Waals surface area contributed by atoms with Crippen molar-refractivity contribution in [1.29, 1.82) is 0 Å². The second-order valence-corrected chi connectivity index (χ2v) is 14.6. The number of halogens is 2. The number of benzene rings is 1. The highest BCUT2D eigenvalue weighted by Crippen LogP contribution is 2.58. The fourth-order valence-corrected chi connectivity index (χ4v) is 8.13. The summed E-state index contributed by atoms with van der Waals surface area (Å²) in [5, 5.41) is 34.8. The summed E-state index contributed by atoms with van der Waals surface area (Å²) in [5.41, 5.74) is -0.449. The molecule has 0 bridgehead atoms. The second-order valence-electron chi connectivity index (χ2n) is 9.84. The van der Waals surface area contributed by atoms with Crippen LogP contribution in [-0.2, 0) is 20.2 Å². The van der Waals surface area contributed by atoms with Crippen molar-refractivity contribution >= 4 is 55.4 Å². The lowest BCUT2D eigenvalue weighted by Crippen LogP contribution is -2.48. The summed E-state index contributed by atoms with van der Waals surface area (Å²) in [5.74, 6) is -2.23. The van der Waals surface area contributed by atoms with E-state index in [1.54, 1.807) is 6.07 Å². The predicted octanol–water partition coefficient (Wildman–Crippen LogP) is 2.54. The summed E-state index contributed by atoms with van der Waals surface area (Å²) in [6.07, 6.45) is -0.0834. The van der Waals surface area contributed by atoms with E-state index in [1.807, 2.05) is 18.2 Å². The molecule has 3 aromatic rings. The summed E-state index contributed by atoms with van der Waals surface area (Å²) in [7, 11) is -9.50. The van der Waals surface area contributed by atoms with Gasteiger partial charge >= 0.3 is 15.2 Å². The first-order valence-corrected chi connectivity index (χ1v) is 16.3. The smallest absolute Gasteiger partial charge is 0.340 e. The van der Waals surface area contributed by atoms with Crippen molar-refractivity contribution in [3.8, 4) is 0 Å². The molecule has 212 valence electrons. The summed E-state index contributed by atoms with van der Waals surface area (Å²) >= 11 is 12.4. The van der Waals surface area contributed by atoms with Crippen molar-refractivity contribution in [2.24, 2.45) is 11.8 Å². The molecule has 39 heavy (non-hydrogen) atoms. The van der Waals surface area contributed by atoms with Crippen LogP contribution in [0.15, 0.2) is 24.3 Å². The van der Waals surface area contributed by atoms with Gasteiger partial charge in [-0.3, -0.25) is 9.13 Å². The van der Waals surface area contributed by atoms with Crippen LogP contribution in [0, 0.1) is 11.8 Å². The van der Waals surface area contributed by atoms with Crippen molar-refractivity contribution in [1.82, 2.24) is 25.0 Å². The Morgan fingerprint density at radius 3 is 2.54 bits per heavy atom. The Kier molecular flexibility index (Phi) is 7.84. The predicted molar refractivity (Wildman–Crippen MR) is 140 cm³/mol. The molecule has 1 unspecified atom stereocenters. The van der Waals surface area contributed by atoms with Gasteiger partial charge in [0, 0.05) is 17.5 Å². The van der Waals surface area contributed by atoms with E-state index in [0.717, 1.165) is 5.56 Å². The van der Waals surface area contributed by atoms with Gasteiger partial charge in [0.1, 0.15) is 11.7 Å². The van der Waals surface area contributed by atoms with Crippen LogP contribution in [-0.4, -0.2) is 74.1 Å². The first-order chi connectivity index (χ1) is 18.3. The van der Waals surface area contributed by atoms with Crippen molar-refractivity contribution in [2.45, 2.75) is 43.6 Å². The summed E-state index contributed by atoms with van der Waals surface area (Å²) in [4.78, 5) is 36.5. The Hall–Kier alpha value is -1.70. The molecule has 0 spiro atoms. The number of hydrogen-bond acceptors (Lipinski definition) is 10. The topological polar surface area (TPSA) is 213 Å². The van der Waals surface area contributed by atoms with E-state index in [2.05, 4.69) is 25.6 Å². The SMILES string of the molecule is O=P(O)(O)CP(=O)(O)OC[C@H]1C[C@@H](n2nnc3c(NCc4ccccc4Cl)nc(Cl)nc32)[C@H](O)[C@@]1(O)C1CC1. The Morgan fingerprint density at radius 2 is 1.87 bits per heavy atom. The fraction of sp³-hybridized carbons (Fsp3) is 0.524. The molecule has 0 amide bonds. The lowest BCUT2D eigenvalue weighted by molar-refractivity contribution is -0.112. The number of fused-ring (bicyclic) bond motifs is 1. The number of anilines is 1. The molecule has 2 aliphatic rings. The van der Waals surface area contributed by atoms with Crippen LogP contribution < -0.4 is 5.32 Å². The van der Waals surface area contributed by atoms with Crippen molar-refractivity contribution in [3.63, 3.8) is 0 Å². The lowest BCUT2D eigenvalue weighted by atomic mass is 9.85. The van der Waals surface area contributed by atoms with Gasteiger partial charge in [-0.2, -0.15) is 9.97 Å². The maximum absolute atomic E-state index is 12.2. The molecule has 0 radical (unpaired) electrons. The zero-order valence-corrected chi connectivity index (χ0v) is 23.5. The molecular formula is C21H26Cl2N6O8P2. The highest BCUT2D eigenvalue weighted by molar-refractivity contribution is 7.70. The molecular weight excluding hydrogens is 597 g/mol. The Bertz CT molecular complexity index is 1490. The average Bonchev–Trinajstić information content (AvgIpc) is 3.57. The minimum atomic E-state index is -4.83. The standard InChI is InChI=1S/C21H26Cl2N6O8P2/c22-14-4-2-1-3-11(14)8-24-18-16-19(26-20(23)25-18)29(28-27-16)15-7-13(21(31,17(15)30)12-5-6-12)9-37-39(35,36)10-38(32,33)34/h1-4,12-13,15,17,30-31H,5-10H2,(H,35,36)(H,24,25,26)(H2,32,33,34)/t13-,15-,17+,21-/m1/s1. The quantitative estimate of drug-likeness (QED) is 0.142. The minimum absolute atomic E-state index is 0.0482. The number of hydrogen-bond donors (Lipinski definition) is 6. The number of aliphatic hydroxyl groups is 2. The van der Waals surface area contributed by atoms with Gasteiger partial charge in [-0.25, -0.2) is 4.68 Å². The minimum Gasteiger partial charge on any atom is -0.388 e. The molecule has 5 rings (SSSR count). The lowest BCUT2D eigenvalue weighted by Gasteiger charge is -2.33. The normalized spacial score (nSPS) is 27.1. The van der Waals surface area contributed by atoms with Gasteiger partial charge in [-0.1, -0.05) is 35.0 Å². The van der Waals surface area contributed by atoms with Gasteiger partial charge in [-0.05, 0) is 48.4 Å². The van der Waals surface area contributed by atoms with E-state index in [4.69, 9.17) is 37.5 Å². The average molecular weight is 623 g/mol. The Balaban J connectivity index is 1.41. The van der Waals surface area contributed by atoms with Gasteiger partial charge in [0.25, 0.3) is 0 Å². The molecule has 2 heterocycles. The van der Waals surface area contributed by atoms with Gasteiger partial charge < -0.3 is 34.7 Å². The van der Waals surface area contributed by atoms with Crippen LogP contribution in [0.5, 0.6) is 0 Å². The third kappa shape index (κ3) is 6.01. The van der Waals surface area contributed by atoms with E-state index in [1.165, 1.54) is 4.68 Å². The molecule has 2 aromatic heterocycles. The summed E-state index contributed by atoms with van der Waals surface area (Å²) in [6, 6.07) is 6.38. The van der Waals surface area contributed by atoms with E-state index < -0.39 is 51.4 Å². The molecule has 18 heteroatoms. The van der Waals surface area contributed by atoms with Crippen molar-refractivity contribution in [3.05, 3.63) is 40.1 Å². The van der Waals surface area contributed by atoms with Gasteiger partial charge in [0.05, 0.1) is 12.6 Å². The first kappa shape index (κ1) is 28.8. The zero-order chi connectivity index (χ0) is 28.2. The van der Waals surface area contributed by atoms with Crippen molar-refractivity contribution < 1.29 is 38.5 Å². The number of aliphatic hydroxyl groups excluding tert-OH is 1. The molecule has 2 aliphatic carbocycles. The molecule has 2 saturated carbocycles. The zero-order valence-electron chi connectivity index (χ0n) is 20.2. The number of nitrogens with zero attached hydrogens (tertiary/aromatic N) is 5. The van der Waals surface area contributed by atoms with Crippen LogP contribution in [0.1, 0.15) is 30.9 Å². The molecule has 0 saturated heterocycles. The molecule has 14 nitrogen and oxygen atoms in total. The maximum atomic E-state index is 12.2. The van der Waals surface area contributed by atoms with Gasteiger partial charge in [0.15, 0.2) is 22.9 Å². The number of rotatable bonds is 10. The largest absolute Gasteiger partial charge is 0.388 e. The van der Waals surface area contributed by atoms with Crippen LogP contribution in [0.25, 0.3) is 11.2 Å². The second kappa shape index (κ2) is 10.6. The molecule has 5 atom stereocenters. The Labute approximate surface area is 232 Å². The van der Waals surface area contributed by atoms with Gasteiger partial charge in [0.2, 0.25) is 5.28 Å². The van der Waals surface area contributed by atoms with E-state index in [9.17, 15) is 24.2 Å². The van der Waals surface area contributed by atoms with Crippen LogP contribution in [0.4, 0.5) is 5.82 Å². The first-order valence-electron chi connectivity index (χ1n) is 12.0. The van der Waals surface area contributed by atoms with Crippen molar-refractivity contribution in [2.75, 3.05) is 17.8 Å².